The van der Waals surface area contributed by atoms with Crippen LogP contribution in [0.4, 0.5) is 5.82 Å². The first kappa shape index (κ1) is 20.2. The van der Waals surface area contributed by atoms with Crippen LogP contribution in [0.25, 0.3) is 11.3 Å². The van der Waals surface area contributed by atoms with Crippen LogP contribution in [0, 0.1) is 0 Å². The zero-order valence-electron chi connectivity index (χ0n) is 16.7. The third-order valence-corrected chi connectivity index (χ3v) is 5.87. The molecule has 0 radical (unpaired) electrons. The number of hydrogen-bond acceptors (Lipinski definition) is 6. The summed E-state index contributed by atoms with van der Waals surface area (Å²) in [5.41, 5.74) is 4.43. The summed E-state index contributed by atoms with van der Waals surface area (Å²) in [5.74, 6) is 0.822. The smallest absolute Gasteiger partial charge is 0.336 e. The number of hydrogen-bond donors (Lipinski definition) is 2. The number of nitrogens with zero attached hydrogens (tertiary/aromatic N) is 2. The molecule has 2 aromatic carbocycles. The van der Waals surface area contributed by atoms with E-state index in [1.165, 1.54) is 29.2 Å². The average molecular weight is 422 g/mol. The second-order valence-corrected chi connectivity index (χ2v) is 7.93. The zero-order valence-corrected chi connectivity index (χ0v) is 17.5. The maximum atomic E-state index is 11.3. The first-order valence-electron chi connectivity index (χ1n) is 9.86. The molecule has 0 saturated heterocycles. The lowest BCUT2D eigenvalue weighted by atomic mass is 10.0. The lowest BCUT2D eigenvalue weighted by Crippen LogP contribution is -2.10. The molecule has 0 amide bonds. The van der Waals surface area contributed by atoms with Gasteiger partial charge in [0.1, 0.15) is 17.9 Å². The van der Waals surface area contributed by atoms with Crippen LogP contribution in [-0.4, -0.2) is 40.5 Å². The number of benzene rings is 2. The van der Waals surface area contributed by atoms with Crippen molar-refractivity contribution in [2.45, 2.75) is 24.2 Å². The Labute approximate surface area is 179 Å². The van der Waals surface area contributed by atoms with Crippen molar-refractivity contribution in [1.82, 2.24) is 9.97 Å². The highest BCUT2D eigenvalue weighted by Gasteiger charge is 2.12. The monoisotopic (exact) mass is 421 g/mol. The van der Waals surface area contributed by atoms with E-state index in [9.17, 15) is 9.90 Å². The Morgan fingerprint density at radius 2 is 2.10 bits per heavy atom. The van der Waals surface area contributed by atoms with E-state index >= 15 is 0 Å². The summed E-state index contributed by atoms with van der Waals surface area (Å²) >= 11 is 1.41. The van der Waals surface area contributed by atoms with Crippen molar-refractivity contribution in [3.8, 4) is 17.0 Å². The van der Waals surface area contributed by atoms with Gasteiger partial charge in [-0.25, -0.2) is 14.8 Å². The van der Waals surface area contributed by atoms with Crippen molar-refractivity contribution >= 4 is 23.5 Å². The molecular weight excluding hydrogens is 398 g/mol. The molecule has 6 nitrogen and oxygen atoms in total. The number of carboxylic acid groups (broad SMARTS) is 1. The van der Waals surface area contributed by atoms with Crippen LogP contribution in [0.1, 0.15) is 27.9 Å². The largest absolute Gasteiger partial charge is 0.493 e. The molecule has 2 heterocycles. The Morgan fingerprint density at radius 3 is 2.93 bits per heavy atom. The molecule has 0 spiro atoms. The molecule has 0 bridgehead atoms. The van der Waals surface area contributed by atoms with Gasteiger partial charge in [-0.1, -0.05) is 18.2 Å². The van der Waals surface area contributed by atoms with Crippen molar-refractivity contribution in [1.29, 1.82) is 0 Å². The number of carbonyl (C=O) groups is 1. The molecule has 0 aliphatic carbocycles. The van der Waals surface area contributed by atoms with Crippen LogP contribution in [0.5, 0.6) is 5.75 Å². The number of carboxylic acids is 1. The van der Waals surface area contributed by atoms with Gasteiger partial charge in [0.05, 0.1) is 17.9 Å². The van der Waals surface area contributed by atoms with E-state index in [2.05, 4.69) is 33.5 Å². The van der Waals surface area contributed by atoms with Crippen molar-refractivity contribution in [2.24, 2.45) is 0 Å². The predicted molar refractivity (Wildman–Crippen MR) is 119 cm³/mol. The molecule has 1 aliphatic heterocycles. The Bertz CT molecular complexity index is 1070. The molecule has 1 aromatic heterocycles. The molecule has 2 N–H and O–H groups in total. The van der Waals surface area contributed by atoms with Crippen LogP contribution >= 0.6 is 11.8 Å². The molecule has 30 heavy (non-hydrogen) atoms. The van der Waals surface area contributed by atoms with E-state index in [-0.39, 0.29) is 0 Å². The molecule has 0 unspecified atom stereocenters. The molecule has 7 heteroatoms. The predicted octanol–water partition coefficient (Wildman–Crippen LogP) is 4.54. The van der Waals surface area contributed by atoms with Gasteiger partial charge in [0, 0.05) is 23.1 Å². The quantitative estimate of drug-likeness (QED) is 0.542. The fourth-order valence-corrected chi connectivity index (χ4v) is 4.13. The number of aromatic carboxylic acids is 1. The minimum absolute atomic E-state index is 0.299. The van der Waals surface area contributed by atoms with Crippen LogP contribution < -0.4 is 10.1 Å². The highest BCUT2D eigenvalue weighted by atomic mass is 32.2. The van der Waals surface area contributed by atoms with Crippen LogP contribution in [-0.2, 0) is 12.8 Å². The van der Waals surface area contributed by atoms with Gasteiger partial charge in [-0.15, -0.1) is 11.8 Å². The highest BCUT2D eigenvalue weighted by molar-refractivity contribution is 7.98. The molecule has 0 fully saturated rings. The molecule has 1 aliphatic rings. The number of nitrogens with one attached hydrogen (secondary N) is 1. The number of aryl methyl sites for hydroxylation is 1. The Morgan fingerprint density at radius 1 is 1.20 bits per heavy atom. The Kier molecular flexibility index (Phi) is 6.18. The van der Waals surface area contributed by atoms with E-state index < -0.39 is 5.97 Å². The van der Waals surface area contributed by atoms with Crippen LogP contribution in [0.15, 0.2) is 53.7 Å². The Balaban J connectivity index is 1.43. The van der Waals surface area contributed by atoms with Gasteiger partial charge in [0.2, 0.25) is 0 Å². The lowest BCUT2D eigenvalue weighted by molar-refractivity contribution is 0.0693. The van der Waals surface area contributed by atoms with Gasteiger partial charge in [-0.2, -0.15) is 0 Å². The van der Waals surface area contributed by atoms with E-state index in [1.54, 1.807) is 12.1 Å². The summed E-state index contributed by atoms with van der Waals surface area (Å²) in [6.45, 7) is 1.54. The number of thioether (sulfide) groups is 1. The molecule has 0 saturated carbocycles. The number of fused-ring (bicyclic) bond motifs is 1. The van der Waals surface area contributed by atoms with Gasteiger partial charge < -0.3 is 15.2 Å². The Hall–Kier alpha value is -3.06. The second-order valence-electron chi connectivity index (χ2n) is 7.08. The number of rotatable bonds is 7. The topological polar surface area (TPSA) is 84.3 Å². The summed E-state index contributed by atoms with van der Waals surface area (Å²) in [6.07, 6.45) is 6.42. The number of anilines is 1. The number of aromatic nitrogens is 2. The lowest BCUT2D eigenvalue weighted by Gasteiger charge is -2.18. The zero-order chi connectivity index (χ0) is 20.9. The summed E-state index contributed by atoms with van der Waals surface area (Å²) in [5, 5.41) is 12.7. The van der Waals surface area contributed by atoms with E-state index in [1.807, 2.05) is 18.4 Å². The second kappa shape index (κ2) is 9.17. The maximum absolute atomic E-state index is 11.3. The third-order valence-electron chi connectivity index (χ3n) is 5.09. The summed E-state index contributed by atoms with van der Waals surface area (Å²) in [4.78, 5) is 20.7. The minimum atomic E-state index is -0.927. The summed E-state index contributed by atoms with van der Waals surface area (Å²) in [6, 6.07) is 13.6. The fraction of sp³-hybridized carbons (Fsp3) is 0.261. The molecule has 154 valence electrons. The molecule has 4 rings (SSSR count). The minimum Gasteiger partial charge on any atom is -0.493 e. The third kappa shape index (κ3) is 4.57. The van der Waals surface area contributed by atoms with E-state index in [0.29, 0.717) is 10.5 Å². The van der Waals surface area contributed by atoms with Gasteiger partial charge in [0.15, 0.2) is 0 Å². The van der Waals surface area contributed by atoms with E-state index in [4.69, 9.17) is 4.74 Å². The SMILES string of the molecule is CSc1cc(-c2cc(NCCc3ccc4c(c3)OCCC4)ncn2)ccc1C(=O)O. The van der Waals surface area contributed by atoms with Gasteiger partial charge in [-0.05, 0) is 54.8 Å². The molecule has 0 atom stereocenters. The standard InChI is InChI=1S/C23H23N3O3S/c1-30-21-12-17(6-7-18(21)23(27)28)19-13-22(26-14-25-19)24-9-8-15-4-5-16-3-2-10-29-20(16)11-15/h4-7,11-14H,2-3,8-10H2,1H3,(H,27,28)(H,24,25,26). The van der Waals surface area contributed by atoms with E-state index in [0.717, 1.165) is 55.2 Å². The van der Waals surface area contributed by atoms with Crippen LogP contribution in [0.2, 0.25) is 0 Å². The average Bonchev–Trinajstić information content (AvgIpc) is 2.78. The maximum Gasteiger partial charge on any atom is 0.336 e. The molecular formula is C23H23N3O3S. The molecule has 3 aromatic rings. The van der Waals surface area contributed by atoms with Gasteiger partial charge in [0.25, 0.3) is 0 Å². The van der Waals surface area contributed by atoms with Crippen molar-refractivity contribution in [3.63, 3.8) is 0 Å². The van der Waals surface area contributed by atoms with Crippen molar-refractivity contribution < 1.29 is 14.6 Å². The van der Waals surface area contributed by atoms with Crippen molar-refractivity contribution in [2.75, 3.05) is 24.7 Å². The summed E-state index contributed by atoms with van der Waals surface area (Å²) in [7, 11) is 0. The normalized spacial score (nSPS) is 12.7. The van der Waals surface area contributed by atoms with Gasteiger partial charge >= 0.3 is 5.97 Å². The summed E-state index contributed by atoms with van der Waals surface area (Å²) < 4.78 is 5.76. The highest BCUT2D eigenvalue weighted by Crippen LogP contribution is 2.28. The fourth-order valence-electron chi connectivity index (χ4n) is 3.51. The van der Waals surface area contributed by atoms with Gasteiger partial charge in [-0.3, -0.25) is 0 Å². The first-order valence-corrected chi connectivity index (χ1v) is 11.1. The first-order chi connectivity index (χ1) is 14.6. The van der Waals surface area contributed by atoms with Crippen LogP contribution in [0.3, 0.4) is 0 Å². The number of ether oxygens (including phenoxy) is 1. The van der Waals surface area contributed by atoms with Crippen molar-refractivity contribution in [3.05, 3.63) is 65.5 Å².